The van der Waals surface area contributed by atoms with Gasteiger partial charge in [0.15, 0.2) is 5.96 Å². The number of halogens is 1. The molecule has 2 N–H and O–H groups in total. The fourth-order valence-electron chi connectivity index (χ4n) is 2.18. The Morgan fingerprint density at radius 2 is 2.04 bits per heavy atom. The van der Waals surface area contributed by atoms with E-state index in [1.54, 1.807) is 26.3 Å². The SMILES string of the molecule is CCNC(=NCc1ccc(F)c(C)c1)NCc1ccnc(OC)c1. The van der Waals surface area contributed by atoms with Crippen molar-refractivity contribution in [1.82, 2.24) is 15.6 Å². The van der Waals surface area contributed by atoms with E-state index >= 15 is 0 Å². The van der Waals surface area contributed by atoms with Crippen molar-refractivity contribution in [3.63, 3.8) is 0 Å². The number of nitrogens with one attached hydrogen (secondary N) is 2. The lowest BCUT2D eigenvalue weighted by Crippen LogP contribution is -2.36. The largest absolute Gasteiger partial charge is 0.481 e. The van der Waals surface area contributed by atoms with Crippen molar-refractivity contribution in [2.45, 2.75) is 26.9 Å². The van der Waals surface area contributed by atoms with Crippen LogP contribution in [0.25, 0.3) is 0 Å². The summed E-state index contributed by atoms with van der Waals surface area (Å²) in [6, 6.07) is 8.84. The second-order valence-electron chi connectivity index (χ2n) is 5.34. The number of pyridine rings is 1. The van der Waals surface area contributed by atoms with E-state index in [1.807, 2.05) is 25.1 Å². The van der Waals surface area contributed by atoms with Gasteiger partial charge in [-0.1, -0.05) is 12.1 Å². The molecule has 24 heavy (non-hydrogen) atoms. The first-order valence-corrected chi connectivity index (χ1v) is 7.88. The molecule has 1 aromatic heterocycles. The molecule has 0 spiro atoms. The minimum atomic E-state index is -0.195. The number of hydrogen-bond acceptors (Lipinski definition) is 3. The van der Waals surface area contributed by atoms with Crippen LogP contribution >= 0.6 is 0 Å². The highest BCUT2D eigenvalue weighted by molar-refractivity contribution is 5.79. The van der Waals surface area contributed by atoms with Crippen LogP contribution in [-0.2, 0) is 13.1 Å². The first-order chi connectivity index (χ1) is 11.6. The number of benzene rings is 1. The zero-order valence-corrected chi connectivity index (χ0v) is 14.3. The Kier molecular flexibility index (Phi) is 6.54. The number of hydrogen-bond donors (Lipinski definition) is 2. The van der Waals surface area contributed by atoms with Gasteiger partial charge >= 0.3 is 0 Å². The maximum atomic E-state index is 13.3. The molecule has 0 amide bonds. The van der Waals surface area contributed by atoms with Gasteiger partial charge in [0.05, 0.1) is 13.7 Å². The molecule has 2 rings (SSSR count). The molecule has 5 nitrogen and oxygen atoms in total. The number of guanidine groups is 1. The van der Waals surface area contributed by atoms with E-state index in [1.165, 1.54) is 6.07 Å². The van der Waals surface area contributed by atoms with Crippen LogP contribution in [-0.4, -0.2) is 24.6 Å². The van der Waals surface area contributed by atoms with Gasteiger partial charge in [0.25, 0.3) is 0 Å². The Morgan fingerprint density at radius 1 is 1.21 bits per heavy atom. The highest BCUT2D eigenvalue weighted by Gasteiger charge is 2.02. The Labute approximate surface area is 142 Å². The third-order valence-corrected chi connectivity index (χ3v) is 3.45. The van der Waals surface area contributed by atoms with Crippen LogP contribution < -0.4 is 15.4 Å². The number of nitrogens with zero attached hydrogens (tertiary/aromatic N) is 2. The first kappa shape index (κ1) is 17.7. The molecule has 0 aliphatic rings. The normalized spacial score (nSPS) is 11.2. The highest BCUT2D eigenvalue weighted by Crippen LogP contribution is 2.10. The van der Waals surface area contributed by atoms with E-state index in [9.17, 15) is 4.39 Å². The van der Waals surface area contributed by atoms with Crippen molar-refractivity contribution in [3.05, 3.63) is 59.0 Å². The van der Waals surface area contributed by atoms with Crippen LogP contribution in [0.4, 0.5) is 4.39 Å². The summed E-state index contributed by atoms with van der Waals surface area (Å²) < 4.78 is 18.4. The second kappa shape index (κ2) is 8.86. The van der Waals surface area contributed by atoms with Gasteiger partial charge in [-0.2, -0.15) is 0 Å². The molecule has 1 heterocycles. The number of aliphatic imine (C=N–C) groups is 1. The third-order valence-electron chi connectivity index (χ3n) is 3.45. The maximum absolute atomic E-state index is 13.3. The van der Waals surface area contributed by atoms with Crippen LogP contribution in [0.1, 0.15) is 23.6 Å². The molecule has 0 atom stereocenters. The van der Waals surface area contributed by atoms with Crippen LogP contribution in [0.3, 0.4) is 0 Å². The minimum absolute atomic E-state index is 0.195. The zero-order valence-electron chi connectivity index (χ0n) is 14.3. The summed E-state index contributed by atoms with van der Waals surface area (Å²) in [4.78, 5) is 8.62. The molecular weight excluding hydrogens is 307 g/mol. The quantitative estimate of drug-likeness (QED) is 0.632. The van der Waals surface area contributed by atoms with Crippen molar-refractivity contribution < 1.29 is 9.13 Å². The number of ether oxygens (including phenoxy) is 1. The summed E-state index contributed by atoms with van der Waals surface area (Å²) in [6.07, 6.45) is 1.71. The molecule has 0 fully saturated rings. The number of rotatable bonds is 6. The Bertz CT molecular complexity index is 703. The monoisotopic (exact) mass is 330 g/mol. The summed E-state index contributed by atoms with van der Waals surface area (Å²) in [5.41, 5.74) is 2.64. The molecule has 2 aromatic rings. The Balaban J connectivity index is 2.00. The molecule has 0 aliphatic heterocycles. The minimum Gasteiger partial charge on any atom is -0.481 e. The molecule has 0 saturated heterocycles. The smallest absolute Gasteiger partial charge is 0.213 e. The molecule has 6 heteroatoms. The van der Waals surface area contributed by atoms with Gasteiger partial charge < -0.3 is 15.4 Å². The predicted molar refractivity (Wildman–Crippen MR) is 93.6 cm³/mol. The predicted octanol–water partition coefficient (Wildman–Crippen LogP) is 2.79. The molecule has 0 bridgehead atoms. The van der Waals surface area contributed by atoms with Gasteiger partial charge in [0, 0.05) is 25.4 Å². The van der Waals surface area contributed by atoms with Gasteiger partial charge in [-0.15, -0.1) is 0 Å². The molecule has 0 aliphatic carbocycles. The molecular formula is C18H23FN4O. The van der Waals surface area contributed by atoms with E-state index in [0.717, 1.165) is 17.7 Å². The molecule has 0 unspecified atom stereocenters. The van der Waals surface area contributed by atoms with Crippen LogP contribution in [0.5, 0.6) is 5.88 Å². The van der Waals surface area contributed by atoms with Gasteiger partial charge in [-0.3, -0.25) is 0 Å². The Hall–Kier alpha value is -2.63. The van der Waals surface area contributed by atoms with Crippen LogP contribution in [0.2, 0.25) is 0 Å². The third kappa shape index (κ3) is 5.22. The van der Waals surface area contributed by atoms with Crippen LogP contribution in [0, 0.1) is 12.7 Å². The molecule has 128 valence electrons. The summed E-state index contributed by atoms with van der Waals surface area (Å²) in [7, 11) is 1.59. The summed E-state index contributed by atoms with van der Waals surface area (Å²) in [5.74, 6) is 1.09. The number of methoxy groups -OCH3 is 1. The van der Waals surface area contributed by atoms with Gasteiger partial charge in [-0.25, -0.2) is 14.4 Å². The lowest BCUT2D eigenvalue weighted by Gasteiger charge is -2.12. The second-order valence-corrected chi connectivity index (χ2v) is 5.34. The maximum Gasteiger partial charge on any atom is 0.213 e. The zero-order chi connectivity index (χ0) is 17.4. The lowest BCUT2D eigenvalue weighted by molar-refractivity contribution is 0.397. The topological polar surface area (TPSA) is 58.5 Å². The van der Waals surface area contributed by atoms with Crippen molar-refractivity contribution >= 4 is 5.96 Å². The van der Waals surface area contributed by atoms with E-state index in [0.29, 0.717) is 30.5 Å². The molecule has 0 radical (unpaired) electrons. The van der Waals surface area contributed by atoms with E-state index in [4.69, 9.17) is 4.74 Å². The average Bonchev–Trinajstić information content (AvgIpc) is 2.60. The fraction of sp³-hybridized carbons (Fsp3) is 0.333. The molecule has 0 saturated carbocycles. The van der Waals surface area contributed by atoms with Crippen LogP contribution in [0.15, 0.2) is 41.5 Å². The van der Waals surface area contributed by atoms with Gasteiger partial charge in [0.2, 0.25) is 5.88 Å². The number of aromatic nitrogens is 1. The van der Waals surface area contributed by atoms with E-state index in [-0.39, 0.29) is 5.82 Å². The summed E-state index contributed by atoms with van der Waals surface area (Å²) in [6.45, 7) is 5.61. The van der Waals surface area contributed by atoms with Crippen molar-refractivity contribution in [1.29, 1.82) is 0 Å². The van der Waals surface area contributed by atoms with Crippen molar-refractivity contribution in [2.75, 3.05) is 13.7 Å². The summed E-state index contributed by atoms with van der Waals surface area (Å²) in [5, 5.41) is 6.46. The van der Waals surface area contributed by atoms with E-state index in [2.05, 4.69) is 20.6 Å². The average molecular weight is 330 g/mol. The van der Waals surface area contributed by atoms with Crippen molar-refractivity contribution in [3.8, 4) is 5.88 Å². The number of aryl methyl sites for hydroxylation is 1. The lowest BCUT2D eigenvalue weighted by atomic mass is 10.1. The van der Waals surface area contributed by atoms with E-state index < -0.39 is 0 Å². The standard InChI is InChI=1S/C18H23FN4O/c1-4-20-18(22-11-14-5-6-16(19)13(2)9-14)23-12-15-7-8-21-17(10-15)24-3/h5-10H,4,11-12H2,1-3H3,(H2,20,22,23). The Morgan fingerprint density at radius 3 is 2.75 bits per heavy atom. The molecule has 1 aromatic carbocycles. The highest BCUT2D eigenvalue weighted by atomic mass is 19.1. The van der Waals surface area contributed by atoms with Gasteiger partial charge in [-0.05, 0) is 42.7 Å². The van der Waals surface area contributed by atoms with Gasteiger partial charge in [0.1, 0.15) is 5.82 Å². The summed E-state index contributed by atoms with van der Waals surface area (Å²) >= 11 is 0. The first-order valence-electron chi connectivity index (χ1n) is 7.88. The fourth-order valence-corrected chi connectivity index (χ4v) is 2.18. The van der Waals surface area contributed by atoms with Crippen molar-refractivity contribution in [2.24, 2.45) is 4.99 Å².